The second kappa shape index (κ2) is 5.21. The summed E-state index contributed by atoms with van der Waals surface area (Å²) in [5.74, 6) is -1.02. The van der Waals surface area contributed by atoms with Crippen LogP contribution in [0.15, 0.2) is 21.6 Å². The van der Waals surface area contributed by atoms with Gasteiger partial charge in [-0.25, -0.2) is 13.8 Å². The molecular weight excluding hydrogens is 266 g/mol. The number of amidine groups is 1. The van der Waals surface area contributed by atoms with Crippen LogP contribution in [0.5, 0.6) is 0 Å². The van der Waals surface area contributed by atoms with Gasteiger partial charge in [0.05, 0.1) is 10.3 Å². The molecule has 2 N–H and O–H groups in total. The first-order valence-corrected chi connectivity index (χ1v) is 5.31. The summed E-state index contributed by atoms with van der Waals surface area (Å²) in [5, 5.41) is 0. The zero-order valence-corrected chi connectivity index (χ0v) is 9.81. The van der Waals surface area contributed by atoms with Crippen molar-refractivity contribution in [3.63, 3.8) is 0 Å². The van der Waals surface area contributed by atoms with Crippen LogP contribution in [0.25, 0.3) is 0 Å². The molecular formula is C10H11BrF2N2. The lowest BCUT2D eigenvalue weighted by Crippen LogP contribution is -2.10. The van der Waals surface area contributed by atoms with E-state index in [1.807, 2.05) is 6.92 Å². The first-order chi connectivity index (χ1) is 7.04. The quantitative estimate of drug-likeness (QED) is 0.512. The van der Waals surface area contributed by atoms with Crippen LogP contribution in [0.4, 0.5) is 14.5 Å². The average Bonchev–Trinajstić information content (AvgIpc) is 2.14. The average molecular weight is 277 g/mol. The summed E-state index contributed by atoms with van der Waals surface area (Å²) in [4.78, 5) is 3.87. The Bertz CT molecular complexity index is 391. The number of halogens is 3. The van der Waals surface area contributed by atoms with E-state index in [9.17, 15) is 8.78 Å². The number of rotatable bonds is 3. The summed E-state index contributed by atoms with van der Waals surface area (Å²) in [6.45, 7) is 1.94. The largest absolute Gasteiger partial charge is 0.387 e. The lowest BCUT2D eigenvalue weighted by molar-refractivity contribution is 0.580. The van der Waals surface area contributed by atoms with E-state index in [1.54, 1.807) is 0 Å². The minimum Gasteiger partial charge on any atom is -0.387 e. The highest BCUT2D eigenvalue weighted by molar-refractivity contribution is 9.10. The SMILES string of the molecule is CCCC(N)=Nc1cc(Br)c(F)cc1F. The van der Waals surface area contributed by atoms with Gasteiger partial charge in [-0.1, -0.05) is 6.92 Å². The minimum absolute atomic E-state index is 0.0502. The molecule has 0 radical (unpaired) electrons. The van der Waals surface area contributed by atoms with Gasteiger partial charge in [0.1, 0.15) is 11.5 Å². The molecule has 0 atom stereocenters. The zero-order valence-electron chi connectivity index (χ0n) is 8.23. The van der Waals surface area contributed by atoms with Crippen LogP contribution in [0, 0.1) is 11.6 Å². The van der Waals surface area contributed by atoms with Gasteiger partial charge in [-0.15, -0.1) is 0 Å². The molecule has 1 aromatic carbocycles. The third-order valence-electron chi connectivity index (χ3n) is 1.76. The van der Waals surface area contributed by atoms with Gasteiger partial charge >= 0.3 is 0 Å². The monoisotopic (exact) mass is 276 g/mol. The molecule has 0 fully saturated rings. The van der Waals surface area contributed by atoms with Crippen LogP contribution in [-0.4, -0.2) is 5.84 Å². The molecule has 0 unspecified atom stereocenters. The molecule has 0 amide bonds. The summed E-state index contributed by atoms with van der Waals surface area (Å²) >= 11 is 2.96. The van der Waals surface area contributed by atoms with Crippen LogP contribution in [0.1, 0.15) is 19.8 Å². The van der Waals surface area contributed by atoms with E-state index >= 15 is 0 Å². The third-order valence-corrected chi connectivity index (χ3v) is 2.37. The van der Waals surface area contributed by atoms with Crippen LogP contribution in [-0.2, 0) is 0 Å². The maximum Gasteiger partial charge on any atom is 0.151 e. The Morgan fingerprint density at radius 3 is 2.67 bits per heavy atom. The van der Waals surface area contributed by atoms with Gasteiger partial charge in [0.2, 0.25) is 0 Å². The Kier molecular flexibility index (Phi) is 4.20. The maximum atomic E-state index is 13.2. The van der Waals surface area contributed by atoms with Crippen molar-refractivity contribution in [2.75, 3.05) is 0 Å². The molecule has 0 spiro atoms. The van der Waals surface area contributed by atoms with Crippen molar-refractivity contribution < 1.29 is 8.78 Å². The molecule has 0 bridgehead atoms. The van der Waals surface area contributed by atoms with Crippen molar-refractivity contribution in [2.24, 2.45) is 10.7 Å². The second-order valence-electron chi connectivity index (χ2n) is 3.07. The molecule has 82 valence electrons. The Morgan fingerprint density at radius 1 is 1.40 bits per heavy atom. The molecule has 1 rings (SSSR count). The first kappa shape index (κ1) is 12.1. The highest BCUT2D eigenvalue weighted by Crippen LogP contribution is 2.25. The molecule has 0 aliphatic carbocycles. The van der Waals surface area contributed by atoms with Crippen LogP contribution in [0.2, 0.25) is 0 Å². The number of aliphatic imine (C=N–C) groups is 1. The van der Waals surface area contributed by atoms with E-state index in [0.717, 1.165) is 12.5 Å². The highest BCUT2D eigenvalue weighted by atomic mass is 79.9. The fraction of sp³-hybridized carbons (Fsp3) is 0.300. The van der Waals surface area contributed by atoms with Crippen molar-refractivity contribution in [2.45, 2.75) is 19.8 Å². The van der Waals surface area contributed by atoms with Crippen molar-refractivity contribution in [3.05, 3.63) is 28.2 Å². The van der Waals surface area contributed by atoms with Crippen molar-refractivity contribution in [1.82, 2.24) is 0 Å². The number of benzene rings is 1. The molecule has 2 nitrogen and oxygen atoms in total. The molecule has 0 aromatic heterocycles. The molecule has 15 heavy (non-hydrogen) atoms. The fourth-order valence-electron chi connectivity index (χ4n) is 1.06. The van der Waals surface area contributed by atoms with E-state index in [1.165, 1.54) is 6.07 Å². The lowest BCUT2D eigenvalue weighted by atomic mass is 10.3. The Hall–Kier alpha value is -0.970. The molecule has 5 heteroatoms. The van der Waals surface area contributed by atoms with Gasteiger partial charge in [-0.05, 0) is 28.4 Å². The van der Waals surface area contributed by atoms with Crippen molar-refractivity contribution in [1.29, 1.82) is 0 Å². The predicted molar refractivity (Wildman–Crippen MR) is 60.2 cm³/mol. The normalized spacial score (nSPS) is 11.9. The molecule has 0 aliphatic rings. The van der Waals surface area contributed by atoms with Gasteiger partial charge in [0, 0.05) is 12.5 Å². The third kappa shape index (κ3) is 3.27. The Balaban J connectivity index is 3.05. The summed E-state index contributed by atoms with van der Waals surface area (Å²) in [7, 11) is 0. The molecule has 1 aromatic rings. The fourth-order valence-corrected chi connectivity index (χ4v) is 1.40. The standard InChI is InChI=1S/C10H11BrF2N2/c1-2-3-10(14)15-9-4-6(11)7(12)5-8(9)13/h4-5H,2-3H2,1H3,(H2,14,15). The highest BCUT2D eigenvalue weighted by Gasteiger charge is 2.07. The Morgan fingerprint density at radius 2 is 2.07 bits per heavy atom. The first-order valence-electron chi connectivity index (χ1n) is 4.52. The molecule has 0 saturated heterocycles. The van der Waals surface area contributed by atoms with Crippen LogP contribution >= 0.6 is 15.9 Å². The van der Waals surface area contributed by atoms with Gasteiger partial charge < -0.3 is 5.73 Å². The number of nitrogens with zero attached hydrogens (tertiary/aromatic N) is 1. The minimum atomic E-state index is -0.713. The number of nitrogens with two attached hydrogens (primary N) is 1. The van der Waals surface area contributed by atoms with Crippen LogP contribution in [0.3, 0.4) is 0 Å². The maximum absolute atomic E-state index is 13.2. The van der Waals surface area contributed by atoms with E-state index in [-0.39, 0.29) is 10.2 Å². The topological polar surface area (TPSA) is 38.4 Å². The molecule has 0 aliphatic heterocycles. The number of hydrogen-bond acceptors (Lipinski definition) is 1. The Labute approximate surface area is 95.3 Å². The molecule has 0 saturated carbocycles. The summed E-state index contributed by atoms with van der Waals surface area (Å²) < 4.78 is 26.3. The van der Waals surface area contributed by atoms with E-state index in [0.29, 0.717) is 12.3 Å². The van der Waals surface area contributed by atoms with Crippen LogP contribution < -0.4 is 5.73 Å². The zero-order chi connectivity index (χ0) is 11.4. The summed E-state index contributed by atoms with van der Waals surface area (Å²) in [6, 6.07) is 2.05. The van der Waals surface area contributed by atoms with E-state index in [2.05, 4.69) is 20.9 Å². The smallest absolute Gasteiger partial charge is 0.151 e. The lowest BCUT2D eigenvalue weighted by Gasteiger charge is -2.02. The summed E-state index contributed by atoms with van der Waals surface area (Å²) in [5.41, 5.74) is 5.60. The number of hydrogen-bond donors (Lipinski definition) is 1. The van der Waals surface area contributed by atoms with Gasteiger partial charge in [0.25, 0.3) is 0 Å². The van der Waals surface area contributed by atoms with E-state index < -0.39 is 11.6 Å². The van der Waals surface area contributed by atoms with Crippen molar-refractivity contribution in [3.8, 4) is 0 Å². The van der Waals surface area contributed by atoms with Gasteiger partial charge in [-0.3, -0.25) is 0 Å². The molecule has 0 heterocycles. The second-order valence-corrected chi connectivity index (χ2v) is 3.93. The summed E-state index contributed by atoms with van der Waals surface area (Å²) in [6.07, 6.45) is 1.42. The van der Waals surface area contributed by atoms with Gasteiger partial charge in [-0.2, -0.15) is 0 Å². The van der Waals surface area contributed by atoms with Gasteiger partial charge in [0.15, 0.2) is 5.82 Å². The van der Waals surface area contributed by atoms with E-state index in [4.69, 9.17) is 5.73 Å². The van der Waals surface area contributed by atoms with Crippen molar-refractivity contribution >= 4 is 27.5 Å². The predicted octanol–water partition coefficient (Wildman–Crippen LogP) is 3.52.